The lowest BCUT2D eigenvalue weighted by molar-refractivity contribution is 0.670. The first-order valence-corrected chi connectivity index (χ1v) is 23.6. The lowest BCUT2D eigenvalue weighted by Crippen LogP contribution is -2.10. The summed E-state index contributed by atoms with van der Waals surface area (Å²) in [5, 5.41) is 7.20. The van der Waals surface area contributed by atoms with Gasteiger partial charge < -0.3 is 9.32 Å². The van der Waals surface area contributed by atoms with Crippen molar-refractivity contribution in [2.75, 3.05) is 4.90 Å². The highest BCUT2D eigenvalue weighted by Crippen LogP contribution is 2.48. The predicted molar refractivity (Wildman–Crippen MR) is 286 cm³/mol. The fourth-order valence-corrected chi connectivity index (χ4v) is 11.1. The van der Waals surface area contributed by atoms with Crippen LogP contribution in [0, 0.1) is 0 Å². The van der Waals surface area contributed by atoms with Gasteiger partial charge in [-0.2, -0.15) is 0 Å². The molecule has 0 radical (unpaired) electrons. The molecule has 314 valence electrons. The molecule has 0 aliphatic carbocycles. The van der Waals surface area contributed by atoms with E-state index >= 15 is 0 Å². The lowest BCUT2D eigenvalue weighted by atomic mass is 9.97. The maximum atomic E-state index is 7.04. The number of thiophene rings is 1. The van der Waals surface area contributed by atoms with Crippen molar-refractivity contribution in [3.63, 3.8) is 0 Å². The molecule has 0 saturated carbocycles. The van der Waals surface area contributed by atoms with E-state index in [2.05, 4.69) is 254 Å². The molecule has 2 heterocycles. The zero-order chi connectivity index (χ0) is 44.3. The molecule has 0 fully saturated rings. The van der Waals surface area contributed by atoms with E-state index in [-0.39, 0.29) is 0 Å². The Kier molecular flexibility index (Phi) is 9.40. The van der Waals surface area contributed by atoms with Crippen LogP contribution in [0.4, 0.5) is 17.1 Å². The molecule has 0 amide bonds. The molecular formula is C64H41NOS. The molecule has 0 aliphatic rings. The van der Waals surface area contributed by atoms with Crippen LogP contribution in [0.15, 0.2) is 253 Å². The van der Waals surface area contributed by atoms with Crippen LogP contribution in [0.2, 0.25) is 0 Å². The largest absolute Gasteiger partial charge is 0.455 e. The molecule has 11 aromatic carbocycles. The number of benzene rings is 11. The van der Waals surface area contributed by atoms with Crippen LogP contribution >= 0.6 is 11.3 Å². The van der Waals surface area contributed by atoms with Crippen LogP contribution in [-0.2, 0) is 0 Å². The van der Waals surface area contributed by atoms with Gasteiger partial charge in [-0.25, -0.2) is 0 Å². The number of fused-ring (bicyclic) bond motifs is 7. The highest BCUT2D eigenvalue weighted by Gasteiger charge is 2.23. The molecule has 0 bridgehead atoms. The topological polar surface area (TPSA) is 16.4 Å². The van der Waals surface area contributed by atoms with Gasteiger partial charge in [0.05, 0.1) is 11.1 Å². The number of hydrogen-bond donors (Lipinski definition) is 0. The molecule has 2 aromatic heterocycles. The van der Waals surface area contributed by atoms with E-state index in [0.29, 0.717) is 0 Å². The van der Waals surface area contributed by atoms with Crippen LogP contribution in [0.5, 0.6) is 0 Å². The number of rotatable bonds is 8. The number of anilines is 3. The van der Waals surface area contributed by atoms with Crippen molar-refractivity contribution in [3.05, 3.63) is 249 Å². The average Bonchev–Trinajstić information content (AvgIpc) is 3.98. The number of furan rings is 1. The van der Waals surface area contributed by atoms with Crippen molar-refractivity contribution in [1.82, 2.24) is 0 Å². The second-order valence-electron chi connectivity index (χ2n) is 17.3. The van der Waals surface area contributed by atoms with E-state index in [4.69, 9.17) is 4.42 Å². The van der Waals surface area contributed by atoms with Crippen molar-refractivity contribution in [2.45, 2.75) is 0 Å². The summed E-state index contributed by atoms with van der Waals surface area (Å²) in [7, 11) is 0. The van der Waals surface area contributed by atoms with Crippen molar-refractivity contribution >= 4 is 81.3 Å². The van der Waals surface area contributed by atoms with E-state index in [9.17, 15) is 0 Å². The Hall–Kier alpha value is -8.50. The highest BCUT2D eigenvalue weighted by molar-refractivity contribution is 7.25. The van der Waals surface area contributed by atoms with Crippen LogP contribution < -0.4 is 4.90 Å². The van der Waals surface area contributed by atoms with Crippen molar-refractivity contribution in [2.24, 2.45) is 0 Å². The molecule has 13 rings (SSSR count). The van der Waals surface area contributed by atoms with Crippen LogP contribution in [0.1, 0.15) is 0 Å². The summed E-state index contributed by atoms with van der Waals surface area (Å²) in [5.41, 5.74) is 16.6. The smallest absolute Gasteiger partial charge is 0.145 e. The van der Waals surface area contributed by atoms with Gasteiger partial charge in [-0.3, -0.25) is 0 Å². The molecular weight excluding hydrogens is 831 g/mol. The Bertz CT molecular complexity index is 3950. The standard InChI is InChI=1S/C64H41NOS/c1-4-12-42(13-5-1)51-29-34-58-60(39-51)66-64-55(48-17-8-3-9-18-48)36-37-59(63(58)64)65(54-32-35-57-56-33-28-52(43-14-6-2-7-15-43)40-61(56)67-62(57)41-54)53-30-26-46(27-31-53)45-20-22-47(23-21-45)50-25-24-44-16-10-11-19-49(44)38-50/h1-41H. The minimum Gasteiger partial charge on any atom is -0.455 e. The summed E-state index contributed by atoms with van der Waals surface area (Å²) >= 11 is 1.85. The SMILES string of the molecule is c1ccc(-c2ccc3c(c2)oc2c(-c4ccccc4)ccc(N(c4ccc(-c5ccc(-c6ccc7ccccc7c6)cc5)cc4)c4ccc5c(c4)sc4cc(-c6ccccc6)ccc45)c23)cc1. The molecule has 0 spiro atoms. The van der Waals surface area contributed by atoms with E-state index in [1.807, 2.05) is 11.3 Å². The average molecular weight is 872 g/mol. The minimum atomic E-state index is 0.859. The first-order chi connectivity index (χ1) is 33.2. The third-order valence-electron chi connectivity index (χ3n) is 13.3. The monoisotopic (exact) mass is 871 g/mol. The quantitative estimate of drug-likeness (QED) is 0.151. The third-order valence-corrected chi connectivity index (χ3v) is 14.4. The Morgan fingerprint density at radius 2 is 0.791 bits per heavy atom. The van der Waals surface area contributed by atoms with Gasteiger partial charge in [0.1, 0.15) is 11.2 Å². The summed E-state index contributed by atoms with van der Waals surface area (Å²) in [6.07, 6.45) is 0. The van der Waals surface area contributed by atoms with Gasteiger partial charge >= 0.3 is 0 Å². The summed E-state index contributed by atoms with van der Waals surface area (Å²) in [5.74, 6) is 0. The molecule has 0 atom stereocenters. The summed E-state index contributed by atoms with van der Waals surface area (Å²) in [4.78, 5) is 2.42. The van der Waals surface area contributed by atoms with Crippen molar-refractivity contribution in [1.29, 1.82) is 0 Å². The first-order valence-electron chi connectivity index (χ1n) is 22.8. The van der Waals surface area contributed by atoms with Gasteiger partial charge in [0.25, 0.3) is 0 Å². The van der Waals surface area contributed by atoms with Gasteiger partial charge in [-0.05, 0) is 122 Å². The summed E-state index contributed by atoms with van der Waals surface area (Å²) < 4.78 is 9.56. The van der Waals surface area contributed by atoms with Gasteiger partial charge in [0.2, 0.25) is 0 Å². The minimum absolute atomic E-state index is 0.859. The van der Waals surface area contributed by atoms with Crippen LogP contribution in [0.25, 0.3) is 109 Å². The lowest BCUT2D eigenvalue weighted by Gasteiger charge is -2.27. The maximum absolute atomic E-state index is 7.04. The zero-order valence-corrected chi connectivity index (χ0v) is 37.3. The van der Waals surface area contributed by atoms with E-state index in [1.54, 1.807) is 0 Å². The van der Waals surface area contributed by atoms with Crippen molar-refractivity contribution < 1.29 is 4.42 Å². The van der Waals surface area contributed by atoms with Gasteiger partial charge in [0, 0.05) is 42.5 Å². The fraction of sp³-hybridized carbons (Fsp3) is 0. The Morgan fingerprint density at radius 3 is 1.48 bits per heavy atom. The molecule has 0 N–H and O–H groups in total. The molecule has 13 aromatic rings. The predicted octanol–water partition coefficient (Wildman–Crippen LogP) is 18.9. The van der Waals surface area contributed by atoms with Gasteiger partial charge in [-0.1, -0.05) is 188 Å². The summed E-state index contributed by atoms with van der Waals surface area (Å²) in [6, 6.07) is 90.0. The Balaban J connectivity index is 0.966. The van der Waals surface area contributed by atoms with Crippen LogP contribution in [-0.4, -0.2) is 0 Å². The highest BCUT2D eigenvalue weighted by atomic mass is 32.1. The van der Waals surface area contributed by atoms with Gasteiger partial charge in [0.15, 0.2) is 0 Å². The van der Waals surface area contributed by atoms with E-state index in [0.717, 1.165) is 66.8 Å². The molecule has 0 saturated heterocycles. The third kappa shape index (κ3) is 6.96. The number of hydrogen-bond acceptors (Lipinski definition) is 3. The fourth-order valence-electron chi connectivity index (χ4n) is 9.87. The van der Waals surface area contributed by atoms with Crippen molar-refractivity contribution in [3.8, 4) is 55.6 Å². The van der Waals surface area contributed by atoms with E-state index in [1.165, 1.54) is 58.8 Å². The molecule has 2 nitrogen and oxygen atoms in total. The molecule has 67 heavy (non-hydrogen) atoms. The summed E-state index contributed by atoms with van der Waals surface area (Å²) in [6.45, 7) is 0. The zero-order valence-electron chi connectivity index (χ0n) is 36.4. The second kappa shape index (κ2) is 16.2. The van der Waals surface area contributed by atoms with Crippen LogP contribution in [0.3, 0.4) is 0 Å². The molecule has 3 heteroatoms. The number of nitrogens with zero attached hydrogens (tertiary/aromatic N) is 1. The Morgan fingerprint density at radius 1 is 0.313 bits per heavy atom. The van der Waals surface area contributed by atoms with Gasteiger partial charge in [-0.15, -0.1) is 11.3 Å². The molecule has 0 unspecified atom stereocenters. The van der Waals surface area contributed by atoms with E-state index < -0.39 is 0 Å². The Labute approximate surface area is 392 Å². The second-order valence-corrected chi connectivity index (χ2v) is 18.3. The first kappa shape index (κ1) is 38.9. The normalized spacial score (nSPS) is 11.6. The maximum Gasteiger partial charge on any atom is 0.145 e. The molecule has 0 aliphatic heterocycles.